The third-order valence-electron chi connectivity index (χ3n) is 3.24. The van der Waals surface area contributed by atoms with E-state index >= 15 is 0 Å². The van der Waals surface area contributed by atoms with Crippen LogP contribution in [0.2, 0.25) is 0 Å². The molecule has 0 aromatic carbocycles. The number of esters is 1. The fraction of sp³-hybridized carbons (Fsp3) is 0.643. The number of anilines is 1. The summed E-state index contributed by atoms with van der Waals surface area (Å²) in [5.41, 5.74) is -1.97. The molecule has 1 aliphatic heterocycles. The van der Waals surface area contributed by atoms with E-state index < -0.39 is 23.4 Å². The third kappa shape index (κ3) is 4.10. The molecule has 2 heterocycles. The number of hydrogen-bond acceptors (Lipinski definition) is 6. The molecule has 1 aliphatic rings. The maximum atomic E-state index is 13.2. The van der Waals surface area contributed by atoms with Gasteiger partial charge in [-0.3, -0.25) is 0 Å². The molecule has 1 saturated heterocycles. The summed E-state index contributed by atoms with van der Waals surface area (Å²) >= 11 is 0. The SMILES string of the molecule is CCOC(=O)c1cnc(N2C[C@@H](C)O[C@@H](C)C2)nc1C(F)(F)F. The molecule has 0 bridgehead atoms. The van der Waals surface area contributed by atoms with Crippen molar-refractivity contribution in [2.45, 2.75) is 39.2 Å². The van der Waals surface area contributed by atoms with Crippen LogP contribution in [0.15, 0.2) is 6.20 Å². The molecule has 0 aliphatic carbocycles. The van der Waals surface area contributed by atoms with Crippen molar-refractivity contribution in [2.75, 3.05) is 24.6 Å². The minimum absolute atomic E-state index is 0.0314. The maximum Gasteiger partial charge on any atom is 0.434 e. The molecule has 2 atom stereocenters. The average Bonchev–Trinajstić information content (AvgIpc) is 2.45. The van der Waals surface area contributed by atoms with Crippen LogP contribution in [-0.2, 0) is 15.7 Å². The van der Waals surface area contributed by atoms with Gasteiger partial charge in [-0.25, -0.2) is 14.8 Å². The summed E-state index contributed by atoms with van der Waals surface area (Å²) in [4.78, 5) is 20.8. The number of morpholine rings is 1. The largest absolute Gasteiger partial charge is 0.462 e. The van der Waals surface area contributed by atoms with Crippen LogP contribution < -0.4 is 4.90 Å². The van der Waals surface area contributed by atoms with Gasteiger partial charge in [0.1, 0.15) is 5.56 Å². The van der Waals surface area contributed by atoms with Crippen LogP contribution >= 0.6 is 0 Å². The van der Waals surface area contributed by atoms with Crippen LogP contribution in [0.5, 0.6) is 0 Å². The number of rotatable bonds is 3. The molecule has 9 heteroatoms. The van der Waals surface area contributed by atoms with Crippen LogP contribution in [0.1, 0.15) is 36.8 Å². The van der Waals surface area contributed by atoms with Crippen molar-refractivity contribution < 1.29 is 27.4 Å². The average molecular weight is 333 g/mol. The Morgan fingerprint density at radius 2 is 2.00 bits per heavy atom. The van der Waals surface area contributed by atoms with E-state index in [1.165, 1.54) is 6.92 Å². The van der Waals surface area contributed by atoms with Gasteiger partial charge in [0.15, 0.2) is 5.69 Å². The van der Waals surface area contributed by atoms with E-state index in [0.29, 0.717) is 13.1 Å². The number of hydrogen-bond donors (Lipinski definition) is 0. The first-order valence-corrected chi connectivity index (χ1v) is 7.24. The number of aromatic nitrogens is 2. The fourth-order valence-electron chi connectivity index (χ4n) is 2.44. The molecule has 128 valence electrons. The lowest BCUT2D eigenvalue weighted by atomic mass is 10.2. The van der Waals surface area contributed by atoms with Gasteiger partial charge in [-0.1, -0.05) is 0 Å². The number of halogens is 3. The molecule has 0 saturated carbocycles. The van der Waals surface area contributed by atoms with Gasteiger partial charge < -0.3 is 14.4 Å². The minimum atomic E-state index is -4.77. The van der Waals surface area contributed by atoms with E-state index in [1.54, 1.807) is 4.90 Å². The summed E-state index contributed by atoms with van der Waals surface area (Å²) in [6.07, 6.45) is -4.21. The molecule has 1 aromatic rings. The van der Waals surface area contributed by atoms with Crippen LogP contribution in [-0.4, -0.2) is 47.8 Å². The lowest BCUT2D eigenvalue weighted by molar-refractivity contribution is -0.141. The van der Waals surface area contributed by atoms with Crippen LogP contribution in [0.4, 0.5) is 19.1 Å². The first kappa shape index (κ1) is 17.5. The standard InChI is InChI=1S/C14H18F3N3O3/c1-4-22-12(21)10-5-18-13(19-11(10)14(15,16)17)20-6-8(2)23-9(3)7-20/h5,8-9H,4,6-7H2,1-3H3/t8-,9+. The molecule has 23 heavy (non-hydrogen) atoms. The molecule has 1 aromatic heterocycles. The Hall–Kier alpha value is -1.90. The predicted molar refractivity (Wildman–Crippen MR) is 75.2 cm³/mol. The Labute approximate surface area is 131 Å². The van der Waals surface area contributed by atoms with Gasteiger partial charge in [-0.2, -0.15) is 13.2 Å². The molecule has 1 fully saturated rings. The lowest BCUT2D eigenvalue weighted by Gasteiger charge is -2.35. The summed E-state index contributed by atoms with van der Waals surface area (Å²) in [5, 5.41) is 0. The molecule has 0 unspecified atom stereocenters. The first-order valence-electron chi connectivity index (χ1n) is 7.24. The number of alkyl halides is 3. The maximum absolute atomic E-state index is 13.2. The smallest absolute Gasteiger partial charge is 0.434 e. The van der Waals surface area contributed by atoms with Gasteiger partial charge in [-0.05, 0) is 20.8 Å². The molecule has 6 nitrogen and oxygen atoms in total. The summed E-state index contributed by atoms with van der Waals surface area (Å²) in [7, 11) is 0. The summed E-state index contributed by atoms with van der Waals surface area (Å²) in [6.45, 7) is 5.87. The number of ether oxygens (including phenoxy) is 2. The second-order valence-corrected chi connectivity index (χ2v) is 5.31. The summed E-state index contributed by atoms with van der Waals surface area (Å²) in [6, 6.07) is 0. The lowest BCUT2D eigenvalue weighted by Crippen LogP contribution is -2.46. The number of carbonyl (C=O) groups is 1. The monoisotopic (exact) mass is 333 g/mol. The Kier molecular flexibility index (Phi) is 5.08. The second kappa shape index (κ2) is 6.69. The van der Waals surface area contributed by atoms with Gasteiger partial charge in [0, 0.05) is 19.3 Å². The zero-order valence-corrected chi connectivity index (χ0v) is 13.1. The van der Waals surface area contributed by atoms with E-state index in [1.807, 2.05) is 13.8 Å². The first-order chi connectivity index (χ1) is 10.7. The quantitative estimate of drug-likeness (QED) is 0.791. The van der Waals surface area contributed by atoms with Crippen molar-refractivity contribution in [3.8, 4) is 0 Å². The van der Waals surface area contributed by atoms with Crippen molar-refractivity contribution in [2.24, 2.45) is 0 Å². The van der Waals surface area contributed by atoms with E-state index in [9.17, 15) is 18.0 Å². The Balaban J connectivity index is 2.38. The molecule has 0 amide bonds. The van der Waals surface area contributed by atoms with Crippen LogP contribution in [0, 0.1) is 0 Å². The van der Waals surface area contributed by atoms with Crippen molar-refractivity contribution in [1.29, 1.82) is 0 Å². The van der Waals surface area contributed by atoms with E-state index in [2.05, 4.69) is 14.7 Å². The topological polar surface area (TPSA) is 64.5 Å². The van der Waals surface area contributed by atoms with Gasteiger partial charge in [0.25, 0.3) is 0 Å². The van der Waals surface area contributed by atoms with Gasteiger partial charge in [-0.15, -0.1) is 0 Å². The highest BCUT2D eigenvalue weighted by Gasteiger charge is 2.39. The molecule has 0 spiro atoms. The third-order valence-corrected chi connectivity index (χ3v) is 3.24. The van der Waals surface area contributed by atoms with Crippen molar-refractivity contribution in [3.05, 3.63) is 17.5 Å². The van der Waals surface area contributed by atoms with Crippen LogP contribution in [0.25, 0.3) is 0 Å². The zero-order chi connectivity index (χ0) is 17.2. The van der Waals surface area contributed by atoms with E-state index in [0.717, 1.165) is 6.20 Å². The highest BCUT2D eigenvalue weighted by atomic mass is 19.4. The van der Waals surface area contributed by atoms with E-state index in [-0.39, 0.29) is 24.8 Å². The fourth-order valence-corrected chi connectivity index (χ4v) is 2.44. The normalized spacial score (nSPS) is 22.1. The predicted octanol–water partition coefficient (Wildman–Crippen LogP) is 2.29. The highest BCUT2D eigenvalue weighted by molar-refractivity contribution is 5.90. The highest BCUT2D eigenvalue weighted by Crippen LogP contribution is 2.32. The van der Waals surface area contributed by atoms with E-state index in [4.69, 9.17) is 4.74 Å². The Bertz CT molecular complexity index is 570. The summed E-state index contributed by atoms with van der Waals surface area (Å²) in [5.74, 6) is -1.16. The summed E-state index contributed by atoms with van der Waals surface area (Å²) < 4.78 is 49.8. The molecule has 0 radical (unpaired) electrons. The zero-order valence-electron chi connectivity index (χ0n) is 13.1. The minimum Gasteiger partial charge on any atom is -0.462 e. The van der Waals surface area contributed by atoms with Crippen molar-refractivity contribution in [1.82, 2.24) is 9.97 Å². The molecular formula is C14H18F3N3O3. The Morgan fingerprint density at radius 1 is 1.39 bits per heavy atom. The van der Waals surface area contributed by atoms with Crippen molar-refractivity contribution >= 4 is 11.9 Å². The van der Waals surface area contributed by atoms with Crippen molar-refractivity contribution in [3.63, 3.8) is 0 Å². The number of carbonyl (C=O) groups excluding carboxylic acids is 1. The number of nitrogens with zero attached hydrogens (tertiary/aromatic N) is 3. The molecule has 2 rings (SSSR count). The molecule has 0 N–H and O–H groups in total. The second-order valence-electron chi connectivity index (χ2n) is 5.31. The Morgan fingerprint density at radius 3 is 2.52 bits per heavy atom. The molecular weight excluding hydrogens is 315 g/mol. The van der Waals surface area contributed by atoms with Gasteiger partial charge >= 0.3 is 12.1 Å². The van der Waals surface area contributed by atoms with Gasteiger partial charge in [0.2, 0.25) is 5.95 Å². The van der Waals surface area contributed by atoms with Gasteiger partial charge in [0.05, 0.1) is 18.8 Å². The van der Waals surface area contributed by atoms with Crippen LogP contribution in [0.3, 0.4) is 0 Å².